The summed E-state index contributed by atoms with van der Waals surface area (Å²) >= 11 is 12.2. The lowest BCUT2D eigenvalue weighted by molar-refractivity contribution is 0.414. The van der Waals surface area contributed by atoms with Crippen molar-refractivity contribution in [2.75, 3.05) is 14.2 Å². The molecule has 29 heavy (non-hydrogen) atoms. The van der Waals surface area contributed by atoms with Gasteiger partial charge in [0.1, 0.15) is 22.8 Å². The number of halogens is 2. The van der Waals surface area contributed by atoms with E-state index in [0.29, 0.717) is 27.1 Å². The zero-order valence-electron chi connectivity index (χ0n) is 15.8. The molecule has 0 saturated heterocycles. The number of fused-ring (bicyclic) bond motifs is 1. The SMILES string of the molecule is COc1ccc(-c2cc(=Nc3ccc(Cl)c(Cl)c3)c3cc(OC)ccc3o2)cc1. The molecule has 4 aromatic rings. The van der Waals surface area contributed by atoms with Gasteiger partial charge in [0.25, 0.3) is 0 Å². The first-order valence-electron chi connectivity index (χ1n) is 8.83. The van der Waals surface area contributed by atoms with Crippen LogP contribution in [0.3, 0.4) is 0 Å². The highest BCUT2D eigenvalue weighted by atomic mass is 35.5. The van der Waals surface area contributed by atoms with Crippen molar-refractivity contribution < 1.29 is 13.9 Å². The van der Waals surface area contributed by atoms with E-state index >= 15 is 0 Å². The lowest BCUT2D eigenvalue weighted by Crippen LogP contribution is -2.03. The Labute approximate surface area is 177 Å². The Hall–Kier alpha value is -2.95. The van der Waals surface area contributed by atoms with Gasteiger partial charge in [-0.25, -0.2) is 4.99 Å². The third kappa shape index (κ3) is 4.09. The van der Waals surface area contributed by atoms with E-state index in [1.165, 1.54) is 0 Å². The van der Waals surface area contributed by atoms with Gasteiger partial charge >= 0.3 is 0 Å². The minimum Gasteiger partial charge on any atom is -0.497 e. The van der Waals surface area contributed by atoms with Gasteiger partial charge in [0.15, 0.2) is 0 Å². The van der Waals surface area contributed by atoms with Crippen LogP contribution in [0.25, 0.3) is 22.3 Å². The van der Waals surface area contributed by atoms with Crippen LogP contribution in [-0.4, -0.2) is 14.2 Å². The predicted octanol–water partition coefficient (Wildman–Crippen LogP) is 6.66. The maximum Gasteiger partial charge on any atom is 0.137 e. The van der Waals surface area contributed by atoms with Crippen molar-refractivity contribution in [3.05, 3.63) is 82.1 Å². The van der Waals surface area contributed by atoms with Gasteiger partial charge in [0, 0.05) is 17.0 Å². The van der Waals surface area contributed by atoms with E-state index in [-0.39, 0.29) is 0 Å². The molecule has 0 radical (unpaired) electrons. The molecule has 0 N–H and O–H groups in total. The molecule has 4 nitrogen and oxygen atoms in total. The molecule has 0 unspecified atom stereocenters. The van der Waals surface area contributed by atoms with Crippen molar-refractivity contribution in [2.24, 2.45) is 4.99 Å². The summed E-state index contributed by atoms with van der Waals surface area (Å²) in [5.41, 5.74) is 2.29. The quantitative estimate of drug-likeness (QED) is 0.367. The third-order valence-corrected chi connectivity index (χ3v) is 5.22. The lowest BCUT2D eigenvalue weighted by Gasteiger charge is -2.08. The van der Waals surface area contributed by atoms with Crippen molar-refractivity contribution in [3.63, 3.8) is 0 Å². The van der Waals surface area contributed by atoms with Crippen LogP contribution in [0.15, 0.2) is 76.1 Å². The number of methoxy groups -OCH3 is 2. The Morgan fingerprint density at radius 3 is 2.17 bits per heavy atom. The molecule has 1 heterocycles. The molecule has 0 bridgehead atoms. The number of rotatable bonds is 4. The highest BCUT2D eigenvalue weighted by Crippen LogP contribution is 2.28. The second-order valence-corrected chi connectivity index (χ2v) is 7.11. The first kappa shape index (κ1) is 19.4. The average Bonchev–Trinajstić information content (AvgIpc) is 2.76. The van der Waals surface area contributed by atoms with Gasteiger partial charge in [-0.15, -0.1) is 0 Å². The van der Waals surface area contributed by atoms with Gasteiger partial charge in [0.05, 0.1) is 35.3 Å². The van der Waals surface area contributed by atoms with Crippen LogP contribution in [0, 0.1) is 0 Å². The second kappa shape index (κ2) is 8.19. The molecule has 0 aliphatic rings. The fourth-order valence-electron chi connectivity index (χ4n) is 2.96. The molecular weight excluding hydrogens is 409 g/mol. The summed E-state index contributed by atoms with van der Waals surface area (Å²) < 4.78 is 16.7. The Balaban J connectivity index is 1.95. The summed E-state index contributed by atoms with van der Waals surface area (Å²) in [6.07, 6.45) is 0. The molecule has 0 saturated carbocycles. The largest absolute Gasteiger partial charge is 0.497 e. The monoisotopic (exact) mass is 425 g/mol. The molecule has 146 valence electrons. The Kier molecular flexibility index (Phi) is 5.47. The highest BCUT2D eigenvalue weighted by molar-refractivity contribution is 6.42. The molecule has 6 heteroatoms. The maximum absolute atomic E-state index is 6.16. The van der Waals surface area contributed by atoms with Gasteiger partial charge < -0.3 is 13.9 Å². The minimum atomic E-state index is 0.450. The number of hydrogen-bond donors (Lipinski definition) is 0. The molecule has 0 aliphatic carbocycles. The molecule has 0 amide bonds. The number of ether oxygens (including phenoxy) is 2. The third-order valence-electron chi connectivity index (χ3n) is 4.48. The van der Waals surface area contributed by atoms with E-state index in [2.05, 4.69) is 0 Å². The summed E-state index contributed by atoms with van der Waals surface area (Å²) in [5, 5.41) is 2.49. The Morgan fingerprint density at radius 2 is 1.48 bits per heavy atom. The van der Waals surface area contributed by atoms with Crippen LogP contribution >= 0.6 is 23.2 Å². The molecule has 1 aromatic heterocycles. The van der Waals surface area contributed by atoms with Crippen LogP contribution < -0.4 is 14.8 Å². The van der Waals surface area contributed by atoms with Crippen molar-refractivity contribution >= 4 is 39.9 Å². The normalized spacial score (nSPS) is 11.7. The minimum absolute atomic E-state index is 0.450. The molecule has 0 aliphatic heterocycles. The van der Waals surface area contributed by atoms with Crippen molar-refractivity contribution in [1.29, 1.82) is 0 Å². The Morgan fingerprint density at radius 1 is 0.759 bits per heavy atom. The van der Waals surface area contributed by atoms with E-state index in [1.54, 1.807) is 26.4 Å². The summed E-state index contributed by atoms with van der Waals surface area (Å²) in [6.45, 7) is 0. The lowest BCUT2D eigenvalue weighted by atomic mass is 10.1. The van der Waals surface area contributed by atoms with Crippen molar-refractivity contribution in [1.82, 2.24) is 0 Å². The summed E-state index contributed by atoms with van der Waals surface area (Å²) in [6, 6.07) is 20.4. The molecule has 3 aromatic carbocycles. The topological polar surface area (TPSA) is 44.0 Å². The van der Waals surface area contributed by atoms with Crippen LogP contribution in [-0.2, 0) is 0 Å². The van der Waals surface area contributed by atoms with Gasteiger partial charge in [-0.3, -0.25) is 0 Å². The molecule has 0 atom stereocenters. The zero-order valence-corrected chi connectivity index (χ0v) is 17.3. The van der Waals surface area contributed by atoms with E-state index < -0.39 is 0 Å². The van der Waals surface area contributed by atoms with E-state index in [4.69, 9.17) is 42.1 Å². The van der Waals surface area contributed by atoms with Gasteiger partial charge in [0.2, 0.25) is 0 Å². The number of benzene rings is 3. The molecule has 0 spiro atoms. The summed E-state index contributed by atoms with van der Waals surface area (Å²) in [4.78, 5) is 4.78. The molecule has 4 rings (SSSR count). The van der Waals surface area contributed by atoms with Gasteiger partial charge in [-0.2, -0.15) is 0 Å². The van der Waals surface area contributed by atoms with Crippen LogP contribution in [0.2, 0.25) is 10.0 Å². The van der Waals surface area contributed by atoms with E-state index in [0.717, 1.165) is 27.8 Å². The smallest absolute Gasteiger partial charge is 0.137 e. The number of hydrogen-bond acceptors (Lipinski definition) is 4. The van der Waals surface area contributed by atoms with Crippen molar-refractivity contribution in [2.45, 2.75) is 0 Å². The second-order valence-electron chi connectivity index (χ2n) is 6.30. The predicted molar refractivity (Wildman–Crippen MR) is 116 cm³/mol. The summed E-state index contributed by atoms with van der Waals surface area (Å²) in [5.74, 6) is 2.18. The fraction of sp³-hybridized carbons (Fsp3) is 0.0870. The van der Waals surface area contributed by atoms with E-state index in [1.807, 2.05) is 54.6 Å². The fourth-order valence-corrected chi connectivity index (χ4v) is 3.25. The first-order chi connectivity index (χ1) is 14.1. The molecule has 0 fully saturated rings. The van der Waals surface area contributed by atoms with Crippen molar-refractivity contribution in [3.8, 4) is 22.8 Å². The average molecular weight is 426 g/mol. The van der Waals surface area contributed by atoms with Gasteiger partial charge in [-0.1, -0.05) is 23.2 Å². The first-order valence-corrected chi connectivity index (χ1v) is 9.59. The highest BCUT2D eigenvalue weighted by Gasteiger charge is 2.08. The molecular formula is C23H17Cl2NO3. The van der Waals surface area contributed by atoms with E-state index in [9.17, 15) is 0 Å². The van der Waals surface area contributed by atoms with Gasteiger partial charge in [-0.05, 0) is 60.7 Å². The van der Waals surface area contributed by atoms with Crippen LogP contribution in [0.4, 0.5) is 5.69 Å². The zero-order chi connectivity index (χ0) is 20.4. The summed E-state index contributed by atoms with van der Waals surface area (Å²) in [7, 11) is 3.26. The standard InChI is InChI=1S/C23H17Cl2NO3/c1-27-16-6-3-14(4-7-16)23-13-21(26-15-5-9-19(24)20(25)11-15)18-12-17(28-2)8-10-22(18)29-23/h3-13H,1-2H3. The Bertz CT molecular complexity index is 1250. The maximum atomic E-state index is 6.16. The number of nitrogens with zero attached hydrogens (tertiary/aromatic N) is 1. The van der Waals surface area contributed by atoms with Crippen LogP contribution in [0.1, 0.15) is 0 Å². The van der Waals surface area contributed by atoms with Crippen LogP contribution in [0.5, 0.6) is 11.5 Å².